The second kappa shape index (κ2) is 6.92. The molecule has 1 fully saturated rings. The van der Waals surface area contributed by atoms with Crippen molar-refractivity contribution in [1.82, 2.24) is 29.4 Å². The molecule has 8 heteroatoms. The largest absolute Gasteiger partial charge is 0.378 e. The van der Waals surface area contributed by atoms with Crippen molar-refractivity contribution in [3.63, 3.8) is 0 Å². The maximum absolute atomic E-state index is 5.25. The van der Waals surface area contributed by atoms with Crippen LogP contribution in [0.3, 0.4) is 0 Å². The van der Waals surface area contributed by atoms with E-state index in [2.05, 4.69) is 31.3 Å². The van der Waals surface area contributed by atoms with Gasteiger partial charge < -0.3 is 10.1 Å². The molecule has 1 N–H and O–H groups in total. The molecular weight excluding hydrogens is 342 g/mol. The number of rotatable bonds is 5. The maximum atomic E-state index is 5.25. The van der Waals surface area contributed by atoms with Crippen molar-refractivity contribution in [1.29, 1.82) is 0 Å². The first-order chi connectivity index (χ1) is 13.3. The van der Waals surface area contributed by atoms with Gasteiger partial charge in [-0.15, -0.1) is 0 Å². The van der Waals surface area contributed by atoms with Crippen molar-refractivity contribution in [2.75, 3.05) is 12.4 Å². The number of anilines is 1. The van der Waals surface area contributed by atoms with E-state index >= 15 is 0 Å². The Kier molecular flexibility index (Phi) is 4.27. The van der Waals surface area contributed by atoms with Crippen LogP contribution < -0.4 is 5.32 Å². The summed E-state index contributed by atoms with van der Waals surface area (Å²) in [4.78, 5) is 8.73. The molecule has 0 unspecified atom stereocenters. The van der Waals surface area contributed by atoms with Crippen molar-refractivity contribution < 1.29 is 4.74 Å². The highest BCUT2D eigenvalue weighted by atomic mass is 16.5. The van der Waals surface area contributed by atoms with E-state index in [4.69, 9.17) is 9.84 Å². The minimum atomic E-state index is 0.182. The number of nitrogens with one attached hydrogen (secondary N) is 1. The van der Waals surface area contributed by atoms with Gasteiger partial charge in [0.2, 0.25) is 0 Å². The minimum absolute atomic E-state index is 0.182. The average molecular weight is 367 g/mol. The van der Waals surface area contributed by atoms with Crippen LogP contribution in [0.15, 0.2) is 18.6 Å². The van der Waals surface area contributed by atoms with Crippen LogP contribution >= 0.6 is 0 Å². The van der Waals surface area contributed by atoms with Crippen LogP contribution in [0.2, 0.25) is 0 Å². The summed E-state index contributed by atoms with van der Waals surface area (Å²) in [7, 11) is 1.67. The van der Waals surface area contributed by atoms with E-state index in [9.17, 15) is 0 Å². The third-order valence-electron chi connectivity index (χ3n) is 5.73. The Morgan fingerprint density at radius 3 is 2.96 bits per heavy atom. The molecule has 0 saturated heterocycles. The van der Waals surface area contributed by atoms with Gasteiger partial charge in [0.1, 0.15) is 12.1 Å². The molecule has 2 aliphatic carbocycles. The Labute approximate surface area is 158 Å². The van der Waals surface area contributed by atoms with Crippen LogP contribution in [-0.4, -0.2) is 36.5 Å². The summed E-state index contributed by atoms with van der Waals surface area (Å²) in [5, 5.41) is 13.0. The number of fused-ring (bicyclic) bond motifs is 2. The highest BCUT2D eigenvalue weighted by Gasteiger charge is 2.27. The van der Waals surface area contributed by atoms with Crippen LogP contribution in [0.4, 0.5) is 5.82 Å². The first-order valence-electron chi connectivity index (χ1n) is 9.85. The summed E-state index contributed by atoms with van der Waals surface area (Å²) in [5.41, 5.74) is 3.41. The van der Waals surface area contributed by atoms with Crippen molar-refractivity contribution in [2.24, 2.45) is 0 Å². The fourth-order valence-electron chi connectivity index (χ4n) is 4.42. The summed E-state index contributed by atoms with van der Waals surface area (Å²) >= 11 is 0. The molecule has 8 nitrogen and oxygen atoms in total. The van der Waals surface area contributed by atoms with Crippen molar-refractivity contribution >= 4 is 11.6 Å². The smallest absolute Gasteiger partial charge is 0.254 e. The van der Waals surface area contributed by atoms with Gasteiger partial charge in [-0.3, -0.25) is 4.68 Å². The lowest BCUT2D eigenvalue weighted by atomic mass is 9.94. The molecule has 1 saturated carbocycles. The van der Waals surface area contributed by atoms with Gasteiger partial charge >= 0.3 is 0 Å². The van der Waals surface area contributed by atoms with Crippen molar-refractivity contribution in [2.45, 2.75) is 63.6 Å². The van der Waals surface area contributed by atoms with Gasteiger partial charge in [0, 0.05) is 19.4 Å². The Hall–Kier alpha value is -2.48. The number of ether oxygens (including phenoxy) is 1. The van der Waals surface area contributed by atoms with E-state index in [1.807, 2.05) is 6.07 Å². The van der Waals surface area contributed by atoms with Crippen LogP contribution in [0.25, 0.3) is 5.78 Å². The zero-order valence-corrected chi connectivity index (χ0v) is 15.6. The fourth-order valence-corrected chi connectivity index (χ4v) is 4.42. The van der Waals surface area contributed by atoms with Gasteiger partial charge in [-0.1, -0.05) is 12.8 Å². The first-order valence-corrected chi connectivity index (χ1v) is 9.85. The van der Waals surface area contributed by atoms with E-state index in [1.165, 1.54) is 43.3 Å². The zero-order chi connectivity index (χ0) is 18.2. The molecule has 2 aliphatic rings. The summed E-state index contributed by atoms with van der Waals surface area (Å²) in [6.45, 7) is 0.449. The van der Waals surface area contributed by atoms with Gasteiger partial charge in [-0.05, 0) is 37.7 Å². The fraction of sp³-hybridized carbons (Fsp3) is 0.579. The monoisotopic (exact) mass is 367 g/mol. The van der Waals surface area contributed by atoms with Gasteiger partial charge in [-0.2, -0.15) is 19.7 Å². The second-order valence-electron chi connectivity index (χ2n) is 7.58. The second-order valence-corrected chi connectivity index (χ2v) is 7.58. The van der Waals surface area contributed by atoms with Crippen LogP contribution in [0.1, 0.15) is 67.6 Å². The number of hydrogen-bond donors (Lipinski definition) is 1. The molecule has 1 atom stereocenters. The minimum Gasteiger partial charge on any atom is -0.378 e. The molecule has 0 spiro atoms. The topological polar surface area (TPSA) is 82.2 Å². The molecule has 142 valence electrons. The molecule has 0 aliphatic heterocycles. The molecular formula is C19H25N7O. The molecule has 5 rings (SSSR count). The van der Waals surface area contributed by atoms with Crippen molar-refractivity contribution in [3.05, 3.63) is 35.5 Å². The summed E-state index contributed by atoms with van der Waals surface area (Å²) in [6, 6.07) is 2.75. The number of nitrogens with zero attached hydrogens (tertiary/aromatic N) is 6. The Morgan fingerprint density at radius 1 is 1.22 bits per heavy atom. The highest BCUT2D eigenvalue weighted by molar-refractivity contribution is 5.47. The molecule has 0 radical (unpaired) electrons. The van der Waals surface area contributed by atoms with Crippen LogP contribution in [-0.2, 0) is 17.8 Å². The number of aromatic nitrogens is 6. The summed E-state index contributed by atoms with van der Waals surface area (Å²) in [5.74, 6) is 1.47. The quantitative estimate of drug-likeness (QED) is 0.746. The Morgan fingerprint density at radius 2 is 2.11 bits per heavy atom. The zero-order valence-electron chi connectivity index (χ0n) is 15.6. The molecule has 0 bridgehead atoms. The van der Waals surface area contributed by atoms with E-state index < -0.39 is 0 Å². The van der Waals surface area contributed by atoms with Gasteiger partial charge in [0.15, 0.2) is 0 Å². The van der Waals surface area contributed by atoms with E-state index in [0.29, 0.717) is 18.4 Å². The van der Waals surface area contributed by atoms with Gasteiger partial charge in [0.05, 0.1) is 30.1 Å². The van der Waals surface area contributed by atoms with Gasteiger partial charge in [0.25, 0.3) is 5.78 Å². The third kappa shape index (κ3) is 3.07. The molecule has 3 aromatic rings. The normalized spacial score (nSPS) is 20.3. The van der Waals surface area contributed by atoms with E-state index in [0.717, 1.165) is 30.8 Å². The third-order valence-corrected chi connectivity index (χ3v) is 5.73. The van der Waals surface area contributed by atoms with Crippen LogP contribution in [0.5, 0.6) is 0 Å². The first kappa shape index (κ1) is 16.7. The van der Waals surface area contributed by atoms with E-state index in [1.54, 1.807) is 11.6 Å². The average Bonchev–Trinajstić information content (AvgIpc) is 3.41. The lowest BCUT2D eigenvalue weighted by molar-refractivity contribution is 0.181. The highest BCUT2D eigenvalue weighted by Crippen LogP contribution is 2.35. The predicted octanol–water partition coefficient (Wildman–Crippen LogP) is 3.07. The standard InChI is InChI=1S/C19H25N7O/c1-27-11-14-9-17(26-19(22-14)20-12-21-26)23-16-8-4-5-13-10-25(24-18(13)16)15-6-2-3-7-15/h9-10,12,15-16,23H,2-8,11H2,1H3/t16-/m0/s1. The lowest BCUT2D eigenvalue weighted by Crippen LogP contribution is -2.19. The SMILES string of the molecule is COCc1cc(N[C@H]2CCCc3cn(C4CCCC4)nc32)n2ncnc2n1. The number of methoxy groups -OCH3 is 1. The maximum Gasteiger partial charge on any atom is 0.254 e. The van der Waals surface area contributed by atoms with Crippen LogP contribution in [0, 0.1) is 0 Å². The number of hydrogen-bond acceptors (Lipinski definition) is 6. The number of aryl methyl sites for hydroxylation is 1. The summed E-state index contributed by atoms with van der Waals surface area (Å²) < 4.78 is 9.23. The van der Waals surface area contributed by atoms with Crippen molar-refractivity contribution in [3.8, 4) is 0 Å². The molecule has 27 heavy (non-hydrogen) atoms. The summed E-state index contributed by atoms with van der Waals surface area (Å²) in [6.07, 6.45) is 12.3. The molecule has 3 heterocycles. The molecule has 0 amide bonds. The molecule has 0 aromatic carbocycles. The van der Waals surface area contributed by atoms with Gasteiger partial charge in [-0.25, -0.2) is 4.98 Å². The lowest BCUT2D eigenvalue weighted by Gasteiger charge is -2.23. The molecule has 3 aromatic heterocycles. The van der Waals surface area contributed by atoms with E-state index in [-0.39, 0.29) is 6.04 Å². The predicted molar refractivity (Wildman–Crippen MR) is 101 cm³/mol. The Balaban J connectivity index is 1.47. The Bertz CT molecular complexity index is 941.